The third-order valence-corrected chi connectivity index (χ3v) is 5.62. The molecule has 140 valence electrons. The van der Waals surface area contributed by atoms with Crippen LogP contribution in [0.5, 0.6) is 11.5 Å². The Morgan fingerprint density at radius 1 is 0.920 bits per heavy atom. The topological polar surface area (TPSA) is 29.5 Å². The van der Waals surface area contributed by atoms with Gasteiger partial charge in [-0.05, 0) is 133 Å². The standard InChI is InChI=1S/C11H15IO.C8H9IO.CH3F/c1-7(2)13-11-6-8(3)10(12)5-9(11)4;1-5-4-8(10)6(2)3-7(5)9;1-2/h5-7H,1-4H3;3-4,10H,1-2H3;1H3/i;;1D. The molecule has 0 heterocycles. The molecule has 25 heavy (non-hydrogen) atoms. The summed E-state index contributed by atoms with van der Waals surface area (Å²) < 4.78 is 23.7. The summed E-state index contributed by atoms with van der Waals surface area (Å²) >= 11 is 4.60. The maximum atomic E-state index is 9.96. The van der Waals surface area contributed by atoms with Gasteiger partial charge in [0.1, 0.15) is 11.5 Å². The van der Waals surface area contributed by atoms with Crippen molar-refractivity contribution in [2.75, 3.05) is 7.15 Å². The predicted molar refractivity (Wildman–Crippen MR) is 122 cm³/mol. The van der Waals surface area contributed by atoms with Gasteiger partial charge >= 0.3 is 0 Å². The number of phenolic OH excluding ortho intramolecular Hbond substituents is 1. The van der Waals surface area contributed by atoms with E-state index in [0.717, 1.165) is 16.9 Å². The maximum absolute atomic E-state index is 9.96. The first-order valence-corrected chi connectivity index (χ1v) is 9.93. The predicted octanol–water partition coefficient (Wildman–Crippen LogP) is 6.89. The molecule has 2 nitrogen and oxygen atoms in total. The van der Waals surface area contributed by atoms with Gasteiger partial charge in [0, 0.05) is 7.14 Å². The van der Waals surface area contributed by atoms with Crippen LogP contribution in [-0.2, 0) is 0 Å². The minimum Gasteiger partial charge on any atom is -0.508 e. The van der Waals surface area contributed by atoms with Crippen molar-refractivity contribution in [2.45, 2.75) is 47.6 Å². The minimum atomic E-state index is -1.00. The number of aromatic hydroxyl groups is 1. The summed E-state index contributed by atoms with van der Waals surface area (Å²) in [5, 5.41) is 9.22. The molecular formula is C20H27FI2O2. The van der Waals surface area contributed by atoms with Crippen molar-refractivity contribution in [2.24, 2.45) is 0 Å². The van der Waals surface area contributed by atoms with Crippen LogP contribution in [0.25, 0.3) is 0 Å². The van der Waals surface area contributed by atoms with E-state index in [1.165, 1.54) is 18.3 Å². The summed E-state index contributed by atoms with van der Waals surface area (Å²) in [6, 6.07) is 8.03. The molecule has 2 aromatic carbocycles. The molecule has 0 amide bonds. The quantitative estimate of drug-likeness (QED) is 0.397. The summed E-state index contributed by atoms with van der Waals surface area (Å²) in [4.78, 5) is 0. The third kappa shape index (κ3) is 8.57. The lowest BCUT2D eigenvalue weighted by Gasteiger charge is -2.13. The number of rotatable bonds is 2. The van der Waals surface area contributed by atoms with Gasteiger partial charge in [-0.2, -0.15) is 0 Å². The number of halogens is 3. The molecule has 0 unspecified atom stereocenters. The number of hydrogen-bond donors (Lipinski definition) is 1. The molecule has 0 atom stereocenters. The van der Waals surface area contributed by atoms with Gasteiger partial charge in [0.25, 0.3) is 0 Å². The molecule has 0 aliphatic rings. The molecular weight excluding hydrogens is 545 g/mol. The lowest BCUT2D eigenvalue weighted by Crippen LogP contribution is -2.07. The van der Waals surface area contributed by atoms with Crippen LogP contribution in [0.3, 0.4) is 0 Å². The van der Waals surface area contributed by atoms with Crippen molar-refractivity contribution in [3.05, 3.63) is 53.7 Å². The van der Waals surface area contributed by atoms with Crippen LogP contribution in [-0.4, -0.2) is 18.4 Å². The molecule has 2 rings (SSSR count). The fraction of sp³-hybridized carbons (Fsp3) is 0.400. The summed E-state index contributed by atoms with van der Waals surface area (Å²) in [5.74, 6) is 1.39. The Morgan fingerprint density at radius 3 is 1.80 bits per heavy atom. The monoisotopic (exact) mass is 573 g/mol. The highest BCUT2D eigenvalue weighted by molar-refractivity contribution is 14.1. The highest BCUT2D eigenvalue weighted by Crippen LogP contribution is 2.24. The van der Waals surface area contributed by atoms with Crippen LogP contribution >= 0.6 is 45.2 Å². The van der Waals surface area contributed by atoms with Crippen molar-refractivity contribution in [3.8, 4) is 11.5 Å². The average Bonchev–Trinajstić information content (AvgIpc) is 2.52. The maximum Gasteiger partial charge on any atom is 0.122 e. The summed E-state index contributed by atoms with van der Waals surface area (Å²) in [6.45, 7) is 12.2. The van der Waals surface area contributed by atoms with E-state index >= 15 is 0 Å². The first-order valence-electron chi connectivity index (χ1n) is 8.48. The summed E-state index contributed by atoms with van der Waals surface area (Å²) in [6.07, 6.45) is 0.248. The molecule has 0 saturated heterocycles. The van der Waals surface area contributed by atoms with Crippen LogP contribution in [0.15, 0.2) is 24.3 Å². The normalized spacial score (nSPS) is 10.2. The van der Waals surface area contributed by atoms with E-state index in [9.17, 15) is 9.50 Å². The molecule has 0 bridgehead atoms. The fourth-order valence-electron chi connectivity index (χ4n) is 1.90. The Balaban J connectivity index is 0.000000428. The summed E-state index contributed by atoms with van der Waals surface area (Å²) in [5.41, 5.74) is 4.56. The van der Waals surface area contributed by atoms with E-state index in [2.05, 4.69) is 71.2 Å². The van der Waals surface area contributed by atoms with Crippen molar-refractivity contribution in [1.82, 2.24) is 0 Å². The van der Waals surface area contributed by atoms with E-state index in [-0.39, 0.29) is 6.10 Å². The largest absolute Gasteiger partial charge is 0.508 e. The Kier molecular flexibility index (Phi) is 10.7. The van der Waals surface area contributed by atoms with Crippen LogP contribution < -0.4 is 4.74 Å². The van der Waals surface area contributed by atoms with Crippen molar-refractivity contribution in [3.63, 3.8) is 0 Å². The first kappa shape index (κ1) is 22.5. The molecule has 0 fully saturated rings. The Morgan fingerprint density at radius 2 is 1.36 bits per heavy atom. The zero-order valence-corrected chi connectivity index (χ0v) is 19.9. The molecule has 0 aliphatic heterocycles. The highest BCUT2D eigenvalue weighted by Gasteiger charge is 2.04. The number of phenols is 1. The molecule has 0 spiro atoms. The molecule has 0 aromatic heterocycles. The van der Waals surface area contributed by atoms with Gasteiger partial charge in [-0.3, -0.25) is 4.39 Å². The SMILES string of the molecule is Cc1cc(I)c(C)cc1O.Cc1cc(OC(C)C)c(C)cc1I.[2H]CF. The molecule has 0 saturated carbocycles. The van der Waals surface area contributed by atoms with Crippen LogP contribution in [0.1, 0.15) is 37.5 Å². The second-order valence-corrected chi connectivity index (χ2v) is 8.25. The summed E-state index contributed by atoms with van der Waals surface area (Å²) in [7, 11) is -1.00. The van der Waals surface area contributed by atoms with E-state index < -0.39 is 7.15 Å². The Labute approximate surface area is 179 Å². The highest BCUT2D eigenvalue weighted by atomic mass is 127. The molecule has 0 aliphatic carbocycles. The van der Waals surface area contributed by atoms with Gasteiger partial charge in [-0.15, -0.1) is 0 Å². The second-order valence-electron chi connectivity index (χ2n) is 5.92. The van der Waals surface area contributed by atoms with Gasteiger partial charge in [0.2, 0.25) is 0 Å². The Bertz CT molecular complexity index is 656. The number of alkyl halides is 1. The van der Waals surface area contributed by atoms with Gasteiger partial charge in [0.15, 0.2) is 0 Å². The lowest BCUT2D eigenvalue weighted by atomic mass is 10.1. The second kappa shape index (κ2) is 11.9. The van der Waals surface area contributed by atoms with Crippen molar-refractivity contribution < 1.29 is 15.6 Å². The molecule has 0 radical (unpaired) electrons. The van der Waals surface area contributed by atoms with Gasteiger partial charge in [0.05, 0.1) is 14.6 Å². The number of ether oxygens (including phenoxy) is 1. The molecule has 1 N–H and O–H groups in total. The number of hydrogen-bond acceptors (Lipinski definition) is 2. The number of aryl methyl sites for hydroxylation is 4. The first-order chi connectivity index (χ1) is 12.0. The van der Waals surface area contributed by atoms with E-state index in [0.29, 0.717) is 5.75 Å². The van der Waals surface area contributed by atoms with Crippen LogP contribution in [0.4, 0.5) is 4.39 Å². The third-order valence-electron chi connectivity index (χ3n) is 3.30. The minimum absolute atomic E-state index is 0.248. The van der Waals surface area contributed by atoms with Gasteiger partial charge in [-0.25, -0.2) is 0 Å². The fourth-order valence-corrected chi connectivity index (χ4v) is 3.15. The van der Waals surface area contributed by atoms with E-state index in [1.54, 1.807) is 6.07 Å². The Hall–Kier alpha value is -0.570. The zero-order chi connectivity index (χ0) is 20.4. The van der Waals surface area contributed by atoms with Gasteiger partial charge < -0.3 is 9.84 Å². The average molecular weight is 573 g/mol. The molecule has 5 heteroatoms. The van der Waals surface area contributed by atoms with E-state index in [4.69, 9.17) is 6.11 Å². The van der Waals surface area contributed by atoms with Crippen LogP contribution in [0, 0.1) is 34.8 Å². The zero-order valence-electron chi connectivity index (χ0n) is 16.6. The number of benzene rings is 2. The lowest BCUT2D eigenvalue weighted by molar-refractivity contribution is 0.240. The van der Waals surface area contributed by atoms with Crippen molar-refractivity contribution >= 4 is 45.2 Å². The smallest absolute Gasteiger partial charge is 0.122 e. The van der Waals surface area contributed by atoms with Gasteiger partial charge in [-0.1, -0.05) is 0 Å². The van der Waals surface area contributed by atoms with Crippen LogP contribution in [0.2, 0.25) is 0 Å². The van der Waals surface area contributed by atoms with E-state index in [1.807, 2.05) is 33.8 Å². The van der Waals surface area contributed by atoms with Crippen molar-refractivity contribution in [1.29, 1.82) is 0 Å². The molecule has 2 aromatic rings.